The Balaban J connectivity index is 0.00000338. The van der Waals surface area contributed by atoms with Crippen LogP contribution in [0.4, 0.5) is 0 Å². The van der Waals surface area contributed by atoms with Crippen molar-refractivity contribution in [1.29, 1.82) is 0 Å². The second-order valence-electron chi connectivity index (χ2n) is 5.66. The smallest absolute Gasteiger partial charge is 0.344 e. The van der Waals surface area contributed by atoms with Crippen molar-refractivity contribution in [1.82, 2.24) is 5.32 Å². The molecule has 26 heavy (non-hydrogen) atoms. The van der Waals surface area contributed by atoms with Gasteiger partial charge >= 0.3 is 5.97 Å². The molecule has 2 atom stereocenters. The Morgan fingerprint density at radius 3 is 2.62 bits per heavy atom. The zero-order valence-electron chi connectivity index (χ0n) is 14.4. The third-order valence-electron chi connectivity index (χ3n) is 3.49. The highest BCUT2D eigenvalue weighted by molar-refractivity contribution is 8.93. The van der Waals surface area contributed by atoms with E-state index in [1.54, 1.807) is 30.3 Å². The van der Waals surface area contributed by atoms with Crippen LogP contribution in [0.15, 0.2) is 54.6 Å². The zero-order valence-corrected chi connectivity index (χ0v) is 16.9. The molecule has 0 amide bonds. The van der Waals surface area contributed by atoms with Crippen LogP contribution in [0.1, 0.15) is 18.6 Å². The monoisotopic (exact) mass is 443 g/mol. The normalized spacial score (nSPS) is 12.6. The number of halogens is 2. The molecule has 0 bridgehead atoms. The van der Waals surface area contributed by atoms with Crippen LogP contribution in [0.2, 0.25) is 5.02 Å². The predicted octanol–water partition coefficient (Wildman–Crippen LogP) is 3.55. The van der Waals surface area contributed by atoms with E-state index in [9.17, 15) is 9.90 Å². The minimum absolute atomic E-state index is 0. The van der Waals surface area contributed by atoms with Crippen LogP contribution < -0.4 is 10.1 Å². The van der Waals surface area contributed by atoms with Gasteiger partial charge in [-0.25, -0.2) is 4.79 Å². The van der Waals surface area contributed by atoms with Gasteiger partial charge in [0.15, 0.2) is 6.61 Å². The Morgan fingerprint density at radius 2 is 1.92 bits per heavy atom. The molecule has 0 heterocycles. The fourth-order valence-corrected chi connectivity index (χ4v) is 2.32. The first-order valence-corrected chi connectivity index (χ1v) is 8.43. The summed E-state index contributed by atoms with van der Waals surface area (Å²) in [5.41, 5.74) is 0.737. The molecule has 2 aromatic rings. The second-order valence-corrected chi connectivity index (χ2v) is 6.10. The third-order valence-corrected chi connectivity index (χ3v) is 3.72. The van der Waals surface area contributed by atoms with E-state index in [2.05, 4.69) is 5.32 Å². The summed E-state index contributed by atoms with van der Waals surface area (Å²) in [7, 11) is 0. The molecule has 0 fully saturated rings. The molecule has 0 aromatic heterocycles. The van der Waals surface area contributed by atoms with E-state index in [1.165, 1.54) is 0 Å². The summed E-state index contributed by atoms with van der Waals surface area (Å²) in [5.74, 6) is 0.183. The van der Waals surface area contributed by atoms with Crippen LogP contribution in [0.25, 0.3) is 0 Å². The molecule has 7 heteroatoms. The van der Waals surface area contributed by atoms with Crippen LogP contribution in [-0.4, -0.2) is 36.9 Å². The van der Waals surface area contributed by atoms with Crippen LogP contribution in [0, 0.1) is 0 Å². The largest absolute Gasteiger partial charge is 0.482 e. The molecule has 0 radical (unpaired) electrons. The Kier molecular flexibility index (Phi) is 10.3. The Labute approximate surface area is 169 Å². The molecule has 2 aromatic carbocycles. The summed E-state index contributed by atoms with van der Waals surface area (Å²) in [6.07, 6.45) is -0.682. The maximum absolute atomic E-state index is 11.7. The topological polar surface area (TPSA) is 67.8 Å². The molecule has 0 saturated heterocycles. The highest BCUT2D eigenvalue weighted by Crippen LogP contribution is 2.17. The van der Waals surface area contributed by atoms with Gasteiger partial charge in [-0.15, -0.1) is 17.0 Å². The first-order chi connectivity index (χ1) is 12.0. The first kappa shape index (κ1) is 22.4. The molecule has 2 unspecified atom stereocenters. The number of esters is 1. The fraction of sp³-hybridized carbons (Fsp3) is 0.316. The lowest BCUT2D eigenvalue weighted by molar-refractivity contribution is -0.146. The van der Waals surface area contributed by atoms with Crippen LogP contribution >= 0.6 is 28.6 Å². The second kappa shape index (κ2) is 11.9. The highest BCUT2D eigenvalue weighted by atomic mass is 79.9. The summed E-state index contributed by atoms with van der Waals surface area (Å²) in [6.45, 7) is 2.26. The van der Waals surface area contributed by atoms with Gasteiger partial charge in [0.2, 0.25) is 0 Å². The van der Waals surface area contributed by atoms with E-state index in [-0.39, 0.29) is 36.2 Å². The SMILES string of the molecule is Br.CC(COC(=O)COc1ccccc1)NCC(O)c1cccc(Cl)c1. The van der Waals surface area contributed by atoms with Crippen molar-refractivity contribution < 1.29 is 19.4 Å². The van der Waals surface area contributed by atoms with E-state index < -0.39 is 12.1 Å². The number of ether oxygens (including phenoxy) is 2. The molecule has 0 aliphatic carbocycles. The molecule has 0 spiro atoms. The quantitative estimate of drug-likeness (QED) is 0.579. The minimum Gasteiger partial charge on any atom is -0.482 e. The van der Waals surface area contributed by atoms with Gasteiger partial charge in [0.25, 0.3) is 0 Å². The van der Waals surface area contributed by atoms with Crippen molar-refractivity contribution in [3.63, 3.8) is 0 Å². The molecule has 5 nitrogen and oxygen atoms in total. The van der Waals surface area contributed by atoms with Crippen LogP contribution in [0.3, 0.4) is 0 Å². The fourth-order valence-electron chi connectivity index (χ4n) is 2.12. The van der Waals surface area contributed by atoms with Crippen molar-refractivity contribution >= 4 is 34.6 Å². The van der Waals surface area contributed by atoms with Crippen molar-refractivity contribution in [2.75, 3.05) is 19.8 Å². The summed E-state index contributed by atoms with van der Waals surface area (Å²) in [4.78, 5) is 11.7. The standard InChI is InChI=1S/C19H22ClNO4.BrH/c1-14(21-11-18(22)15-6-5-7-16(20)10-15)12-25-19(23)13-24-17-8-3-2-4-9-17;/h2-10,14,18,21-22H,11-13H2,1H3;1H. The van der Waals surface area contributed by atoms with Crippen molar-refractivity contribution in [3.05, 3.63) is 65.2 Å². The van der Waals surface area contributed by atoms with Gasteiger partial charge in [-0.2, -0.15) is 0 Å². The maximum atomic E-state index is 11.7. The summed E-state index contributed by atoms with van der Waals surface area (Å²) >= 11 is 5.91. The lowest BCUT2D eigenvalue weighted by atomic mass is 10.1. The van der Waals surface area contributed by atoms with E-state index in [0.29, 0.717) is 17.3 Å². The number of nitrogens with one attached hydrogen (secondary N) is 1. The lowest BCUT2D eigenvalue weighted by Crippen LogP contribution is -2.35. The van der Waals surface area contributed by atoms with E-state index in [0.717, 1.165) is 5.56 Å². The van der Waals surface area contributed by atoms with Gasteiger partial charge in [-0.05, 0) is 36.8 Å². The molecular weight excluding hydrogens is 422 g/mol. The summed E-state index contributed by atoms with van der Waals surface area (Å²) in [5, 5.41) is 13.8. The van der Waals surface area contributed by atoms with Gasteiger partial charge in [0.1, 0.15) is 12.4 Å². The highest BCUT2D eigenvalue weighted by Gasteiger charge is 2.12. The van der Waals surface area contributed by atoms with Gasteiger partial charge < -0.3 is 19.9 Å². The lowest BCUT2D eigenvalue weighted by Gasteiger charge is -2.17. The van der Waals surface area contributed by atoms with Gasteiger partial charge in [0.05, 0.1) is 6.10 Å². The molecule has 2 N–H and O–H groups in total. The van der Waals surface area contributed by atoms with E-state index >= 15 is 0 Å². The van der Waals surface area contributed by atoms with Gasteiger partial charge in [-0.3, -0.25) is 0 Å². The van der Waals surface area contributed by atoms with Crippen LogP contribution in [-0.2, 0) is 9.53 Å². The number of aliphatic hydroxyl groups excluding tert-OH is 1. The number of hydrogen-bond acceptors (Lipinski definition) is 5. The van der Waals surface area contributed by atoms with E-state index in [1.807, 2.05) is 31.2 Å². The van der Waals surface area contributed by atoms with Crippen LogP contribution in [0.5, 0.6) is 5.75 Å². The molecule has 2 rings (SSSR count). The number of carbonyl (C=O) groups excluding carboxylic acids is 1. The Hall–Kier alpha value is -1.60. The Bertz CT molecular complexity index is 672. The number of carbonyl (C=O) groups is 1. The van der Waals surface area contributed by atoms with E-state index in [4.69, 9.17) is 21.1 Å². The van der Waals surface area contributed by atoms with Crippen molar-refractivity contribution in [2.45, 2.75) is 19.1 Å². The number of rotatable bonds is 9. The first-order valence-electron chi connectivity index (χ1n) is 8.05. The average molecular weight is 445 g/mol. The minimum atomic E-state index is -0.682. The predicted molar refractivity (Wildman–Crippen MR) is 107 cm³/mol. The zero-order chi connectivity index (χ0) is 18.1. The number of benzene rings is 2. The molecule has 0 saturated carbocycles. The van der Waals surface area contributed by atoms with Crippen molar-refractivity contribution in [2.24, 2.45) is 0 Å². The number of aliphatic hydroxyl groups is 1. The molecule has 0 aliphatic heterocycles. The molecule has 142 valence electrons. The third kappa shape index (κ3) is 8.19. The van der Waals surface area contributed by atoms with Gasteiger partial charge in [-0.1, -0.05) is 41.9 Å². The summed E-state index contributed by atoms with van der Waals surface area (Å²) in [6, 6.07) is 16.1. The molecule has 0 aliphatic rings. The van der Waals surface area contributed by atoms with Gasteiger partial charge in [0, 0.05) is 17.6 Å². The Morgan fingerprint density at radius 1 is 1.19 bits per heavy atom. The molecular formula is C19H23BrClNO4. The number of para-hydroxylation sites is 1. The number of hydrogen-bond donors (Lipinski definition) is 2. The maximum Gasteiger partial charge on any atom is 0.344 e. The average Bonchev–Trinajstić information content (AvgIpc) is 2.63. The van der Waals surface area contributed by atoms with Crippen molar-refractivity contribution in [3.8, 4) is 5.75 Å². The summed E-state index contributed by atoms with van der Waals surface area (Å²) < 4.78 is 10.5.